The van der Waals surface area contributed by atoms with Gasteiger partial charge in [-0.1, -0.05) is 13.8 Å². The summed E-state index contributed by atoms with van der Waals surface area (Å²) in [5.74, 6) is 3.32. The fourth-order valence-electron chi connectivity index (χ4n) is 3.02. The summed E-state index contributed by atoms with van der Waals surface area (Å²) in [6.45, 7) is 6.34. The normalized spacial score (nSPS) is 12.9. The molecule has 1 aliphatic rings. The van der Waals surface area contributed by atoms with Crippen LogP contribution in [0.2, 0.25) is 0 Å². The molecule has 0 spiro atoms. The first-order valence-electron chi connectivity index (χ1n) is 8.62. The van der Waals surface area contributed by atoms with Crippen LogP contribution in [-0.4, -0.2) is 31.8 Å². The molecular weight excluding hydrogens is 334 g/mol. The third-order valence-electron chi connectivity index (χ3n) is 4.33. The minimum atomic E-state index is -0.131. The maximum atomic E-state index is 12.0. The molecule has 0 atom stereocenters. The highest BCUT2D eigenvalue weighted by molar-refractivity contribution is 5.50. The summed E-state index contributed by atoms with van der Waals surface area (Å²) in [6.07, 6.45) is 1.16. The zero-order chi connectivity index (χ0) is 18.3. The average Bonchev–Trinajstić information content (AvgIpc) is 3.29. The molecule has 1 aliphatic heterocycles. The Kier molecular flexibility index (Phi) is 4.02. The third kappa shape index (κ3) is 2.98. The van der Waals surface area contributed by atoms with Crippen molar-refractivity contribution < 1.29 is 9.47 Å². The number of aromatic nitrogens is 5. The number of rotatable bonds is 5. The molecule has 2 N–H and O–H groups in total. The van der Waals surface area contributed by atoms with Crippen molar-refractivity contribution in [3.05, 3.63) is 51.5 Å². The standard InChI is InChI=1S/C18H21N5O3/c1-10(2)6-16-19-17(8-13-11(3)20-21-18(13)24)23(22-16)12-4-5-14-15(7-12)26-9-25-14/h4-5,7,10H,6,8-9H2,1-3H3,(H2,20,21,24). The average molecular weight is 355 g/mol. The lowest BCUT2D eigenvalue weighted by molar-refractivity contribution is 0.174. The zero-order valence-electron chi connectivity index (χ0n) is 15.0. The van der Waals surface area contributed by atoms with Crippen molar-refractivity contribution in [2.75, 3.05) is 6.79 Å². The van der Waals surface area contributed by atoms with Gasteiger partial charge in [-0.25, -0.2) is 9.67 Å². The minimum Gasteiger partial charge on any atom is -0.454 e. The first-order valence-corrected chi connectivity index (χ1v) is 8.62. The van der Waals surface area contributed by atoms with E-state index >= 15 is 0 Å². The molecule has 136 valence electrons. The molecule has 0 unspecified atom stereocenters. The summed E-state index contributed by atoms with van der Waals surface area (Å²) in [7, 11) is 0. The van der Waals surface area contributed by atoms with Crippen molar-refractivity contribution in [2.24, 2.45) is 5.92 Å². The van der Waals surface area contributed by atoms with Gasteiger partial charge in [0.1, 0.15) is 5.82 Å². The van der Waals surface area contributed by atoms with Gasteiger partial charge >= 0.3 is 0 Å². The Labute approximate surface area is 150 Å². The van der Waals surface area contributed by atoms with Gasteiger partial charge in [0.15, 0.2) is 17.3 Å². The predicted octanol–water partition coefficient (Wildman–Crippen LogP) is 2.11. The minimum absolute atomic E-state index is 0.131. The molecule has 4 rings (SSSR count). The Bertz CT molecular complexity index is 999. The van der Waals surface area contributed by atoms with Crippen LogP contribution in [0.4, 0.5) is 0 Å². The van der Waals surface area contributed by atoms with Crippen LogP contribution >= 0.6 is 0 Å². The fourth-order valence-corrected chi connectivity index (χ4v) is 3.02. The molecule has 0 amide bonds. The van der Waals surface area contributed by atoms with E-state index in [1.807, 2.05) is 25.1 Å². The van der Waals surface area contributed by atoms with Crippen LogP contribution in [-0.2, 0) is 12.8 Å². The van der Waals surface area contributed by atoms with Crippen molar-refractivity contribution in [2.45, 2.75) is 33.6 Å². The van der Waals surface area contributed by atoms with Crippen LogP contribution in [0.15, 0.2) is 23.0 Å². The lowest BCUT2D eigenvalue weighted by Gasteiger charge is -2.06. The van der Waals surface area contributed by atoms with Gasteiger partial charge in [-0.05, 0) is 25.0 Å². The van der Waals surface area contributed by atoms with E-state index < -0.39 is 0 Å². The molecule has 8 heteroatoms. The third-order valence-corrected chi connectivity index (χ3v) is 4.33. The van der Waals surface area contributed by atoms with Crippen molar-refractivity contribution >= 4 is 0 Å². The number of nitrogens with one attached hydrogen (secondary N) is 2. The lowest BCUT2D eigenvalue weighted by atomic mass is 10.1. The highest BCUT2D eigenvalue weighted by Crippen LogP contribution is 2.33. The Balaban J connectivity index is 1.77. The second-order valence-electron chi connectivity index (χ2n) is 6.85. The van der Waals surface area contributed by atoms with Gasteiger partial charge in [0.25, 0.3) is 5.56 Å². The van der Waals surface area contributed by atoms with Crippen LogP contribution in [0, 0.1) is 12.8 Å². The number of aryl methyl sites for hydroxylation is 1. The van der Waals surface area contributed by atoms with Gasteiger partial charge in [-0.3, -0.25) is 9.89 Å². The van der Waals surface area contributed by atoms with E-state index in [-0.39, 0.29) is 12.4 Å². The molecule has 0 saturated carbocycles. The van der Waals surface area contributed by atoms with Crippen molar-refractivity contribution in [1.29, 1.82) is 0 Å². The van der Waals surface area contributed by atoms with Gasteiger partial charge in [0.2, 0.25) is 6.79 Å². The van der Waals surface area contributed by atoms with E-state index in [9.17, 15) is 4.79 Å². The summed E-state index contributed by atoms with van der Waals surface area (Å²) < 4.78 is 12.6. The van der Waals surface area contributed by atoms with E-state index in [1.165, 1.54) is 0 Å². The molecule has 3 aromatic rings. The highest BCUT2D eigenvalue weighted by atomic mass is 16.7. The van der Waals surface area contributed by atoms with Gasteiger partial charge in [0.05, 0.1) is 5.69 Å². The quantitative estimate of drug-likeness (QED) is 0.730. The molecule has 0 saturated heterocycles. The number of H-pyrrole nitrogens is 2. The molecular formula is C18H21N5O3. The molecule has 0 radical (unpaired) electrons. The molecule has 26 heavy (non-hydrogen) atoms. The number of benzene rings is 1. The van der Waals surface area contributed by atoms with Gasteiger partial charge < -0.3 is 14.6 Å². The summed E-state index contributed by atoms with van der Waals surface area (Å²) in [5.41, 5.74) is 2.17. The number of ether oxygens (including phenoxy) is 2. The highest BCUT2D eigenvalue weighted by Gasteiger charge is 2.19. The second kappa shape index (κ2) is 6.36. The molecule has 0 bridgehead atoms. The van der Waals surface area contributed by atoms with Crippen LogP contribution in [0.3, 0.4) is 0 Å². The van der Waals surface area contributed by atoms with Gasteiger partial charge in [0, 0.05) is 30.2 Å². The van der Waals surface area contributed by atoms with Crippen LogP contribution in [0.5, 0.6) is 11.5 Å². The smallest absolute Gasteiger partial charge is 0.267 e. The zero-order valence-corrected chi connectivity index (χ0v) is 15.0. The molecule has 1 aromatic carbocycles. The van der Waals surface area contributed by atoms with Crippen LogP contribution in [0.1, 0.15) is 36.8 Å². The Morgan fingerprint density at radius 1 is 1.23 bits per heavy atom. The number of hydrogen-bond donors (Lipinski definition) is 2. The molecule has 0 fully saturated rings. The van der Waals surface area contributed by atoms with Crippen molar-refractivity contribution in [3.63, 3.8) is 0 Å². The number of nitrogens with zero attached hydrogens (tertiary/aromatic N) is 3. The Morgan fingerprint density at radius 2 is 2.04 bits per heavy atom. The summed E-state index contributed by atoms with van der Waals surface area (Å²) >= 11 is 0. The maximum Gasteiger partial charge on any atom is 0.267 e. The number of aromatic amines is 2. The monoisotopic (exact) mass is 355 g/mol. The van der Waals surface area contributed by atoms with E-state index in [4.69, 9.17) is 14.5 Å². The largest absolute Gasteiger partial charge is 0.454 e. The van der Waals surface area contributed by atoms with Gasteiger partial charge in [-0.15, -0.1) is 0 Å². The van der Waals surface area contributed by atoms with E-state index in [1.54, 1.807) is 4.68 Å². The Hall–Kier alpha value is -3.03. The van der Waals surface area contributed by atoms with Crippen molar-refractivity contribution in [3.8, 4) is 17.2 Å². The molecule has 8 nitrogen and oxygen atoms in total. The van der Waals surface area contributed by atoms with Crippen molar-refractivity contribution in [1.82, 2.24) is 25.0 Å². The maximum absolute atomic E-state index is 12.0. The first-order chi connectivity index (χ1) is 12.5. The van der Waals surface area contributed by atoms with Crippen LogP contribution < -0.4 is 15.0 Å². The SMILES string of the molecule is Cc1[nH][nH]c(=O)c1Cc1nc(CC(C)C)nn1-c1ccc2c(c1)OCO2. The number of fused-ring (bicyclic) bond motifs is 1. The second-order valence-corrected chi connectivity index (χ2v) is 6.85. The molecule has 0 aliphatic carbocycles. The topological polar surface area (TPSA) is 97.8 Å². The Morgan fingerprint density at radius 3 is 2.77 bits per heavy atom. The molecule has 2 aromatic heterocycles. The summed E-state index contributed by atoms with van der Waals surface area (Å²) in [6, 6.07) is 5.66. The first kappa shape index (κ1) is 16.4. The summed E-state index contributed by atoms with van der Waals surface area (Å²) in [4.78, 5) is 16.7. The van der Waals surface area contributed by atoms with Gasteiger partial charge in [-0.2, -0.15) is 5.10 Å². The molecule has 3 heterocycles. The van der Waals surface area contributed by atoms with E-state index in [0.717, 1.165) is 29.4 Å². The van der Waals surface area contributed by atoms with E-state index in [0.29, 0.717) is 29.5 Å². The lowest BCUT2D eigenvalue weighted by Crippen LogP contribution is -2.11. The summed E-state index contributed by atoms with van der Waals surface area (Å²) in [5, 5.41) is 10.1. The van der Waals surface area contributed by atoms with Crippen LogP contribution in [0.25, 0.3) is 5.69 Å². The fraction of sp³-hybridized carbons (Fsp3) is 0.389. The number of hydrogen-bond acceptors (Lipinski definition) is 5. The predicted molar refractivity (Wildman–Crippen MR) is 95.0 cm³/mol. The van der Waals surface area contributed by atoms with E-state index in [2.05, 4.69) is 29.1 Å².